The summed E-state index contributed by atoms with van der Waals surface area (Å²) in [5, 5.41) is 2.75. The zero-order valence-corrected chi connectivity index (χ0v) is 12.1. The monoisotopic (exact) mass is 330 g/mol. The van der Waals surface area contributed by atoms with Gasteiger partial charge >= 0.3 is 5.97 Å². The predicted octanol–water partition coefficient (Wildman–Crippen LogP) is 0.906. The Morgan fingerprint density at radius 2 is 2.42 bits per heavy atom. The topological polar surface area (TPSA) is 71.8 Å². The van der Waals surface area contributed by atoms with E-state index in [2.05, 4.69) is 26.0 Å². The highest BCUT2D eigenvalue weighted by atomic mass is 79.9. The SMILES string of the molecule is COC(=O)C[C@H]1C(=O)NCCN1Cc1ccc(Br)o1. The fourth-order valence-corrected chi connectivity index (χ4v) is 2.39. The van der Waals surface area contributed by atoms with Gasteiger partial charge in [-0.3, -0.25) is 14.5 Å². The summed E-state index contributed by atoms with van der Waals surface area (Å²) >= 11 is 3.24. The smallest absolute Gasteiger partial charge is 0.307 e. The normalized spacial score (nSPS) is 20.1. The van der Waals surface area contributed by atoms with E-state index in [1.165, 1.54) is 7.11 Å². The Hall–Kier alpha value is -1.34. The highest BCUT2D eigenvalue weighted by Crippen LogP contribution is 2.19. The molecule has 0 saturated carbocycles. The number of ether oxygens (including phenoxy) is 1. The van der Waals surface area contributed by atoms with Gasteiger partial charge in [0.25, 0.3) is 0 Å². The predicted molar refractivity (Wildman–Crippen MR) is 70.2 cm³/mol. The maximum Gasteiger partial charge on any atom is 0.307 e. The second kappa shape index (κ2) is 6.21. The van der Waals surface area contributed by atoms with Crippen molar-refractivity contribution in [3.63, 3.8) is 0 Å². The molecule has 1 amide bonds. The average molecular weight is 331 g/mol. The summed E-state index contributed by atoms with van der Waals surface area (Å²) in [6, 6.07) is 3.13. The number of amides is 1. The van der Waals surface area contributed by atoms with Crippen LogP contribution in [-0.2, 0) is 20.9 Å². The Kier molecular flexibility index (Phi) is 4.60. The van der Waals surface area contributed by atoms with Gasteiger partial charge in [-0.1, -0.05) is 0 Å². The molecule has 1 atom stereocenters. The number of esters is 1. The van der Waals surface area contributed by atoms with Crippen molar-refractivity contribution in [3.05, 3.63) is 22.6 Å². The number of hydrogen-bond donors (Lipinski definition) is 1. The molecule has 2 rings (SSSR count). The van der Waals surface area contributed by atoms with Crippen LogP contribution in [0.25, 0.3) is 0 Å². The molecule has 0 unspecified atom stereocenters. The van der Waals surface area contributed by atoms with Gasteiger partial charge in [-0.25, -0.2) is 0 Å². The average Bonchev–Trinajstić information content (AvgIpc) is 2.79. The number of nitrogens with one attached hydrogen (secondary N) is 1. The molecule has 6 nitrogen and oxygen atoms in total. The highest BCUT2D eigenvalue weighted by Gasteiger charge is 2.32. The van der Waals surface area contributed by atoms with Gasteiger partial charge in [0.2, 0.25) is 5.91 Å². The van der Waals surface area contributed by atoms with Crippen LogP contribution in [0.5, 0.6) is 0 Å². The molecule has 7 heteroatoms. The number of nitrogens with zero attached hydrogens (tertiary/aromatic N) is 1. The van der Waals surface area contributed by atoms with Gasteiger partial charge in [0, 0.05) is 13.1 Å². The summed E-state index contributed by atoms with van der Waals surface area (Å²) in [6.45, 7) is 1.73. The van der Waals surface area contributed by atoms with E-state index >= 15 is 0 Å². The van der Waals surface area contributed by atoms with Crippen molar-refractivity contribution < 1.29 is 18.7 Å². The van der Waals surface area contributed by atoms with Crippen molar-refractivity contribution in [1.29, 1.82) is 0 Å². The molecule has 0 radical (unpaired) electrons. The first-order valence-corrected chi connectivity index (χ1v) is 6.72. The number of carbonyl (C=O) groups excluding carboxylic acids is 2. The van der Waals surface area contributed by atoms with E-state index < -0.39 is 12.0 Å². The number of rotatable bonds is 4. The lowest BCUT2D eigenvalue weighted by Gasteiger charge is -2.33. The van der Waals surface area contributed by atoms with Gasteiger partial charge in [0.1, 0.15) is 11.8 Å². The molecule has 1 aliphatic heterocycles. The molecule has 104 valence electrons. The Bertz CT molecular complexity index is 474. The first kappa shape index (κ1) is 14.1. The quantitative estimate of drug-likeness (QED) is 0.831. The van der Waals surface area contributed by atoms with Crippen molar-refractivity contribution in [2.75, 3.05) is 20.2 Å². The molecule has 0 aromatic carbocycles. The van der Waals surface area contributed by atoms with Crippen LogP contribution in [0.2, 0.25) is 0 Å². The summed E-state index contributed by atoms with van der Waals surface area (Å²) in [5.74, 6) is 0.200. The van der Waals surface area contributed by atoms with E-state index in [1.807, 2.05) is 11.0 Å². The summed E-state index contributed by atoms with van der Waals surface area (Å²) < 4.78 is 10.7. The van der Waals surface area contributed by atoms with E-state index in [1.54, 1.807) is 6.07 Å². The van der Waals surface area contributed by atoms with Gasteiger partial charge in [-0.2, -0.15) is 0 Å². The lowest BCUT2D eigenvalue weighted by molar-refractivity contribution is -0.146. The number of hydrogen-bond acceptors (Lipinski definition) is 5. The zero-order valence-electron chi connectivity index (χ0n) is 10.5. The standard InChI is InChI=1S/C12H15BrN2O4/c1-18-11(16)6-9-12(17)14-4-5-15(9)7-8-2-3-10(13)19-8/h2-3,9H,4-7H2,1H3,(H,14,17)/t9-/m0/s1. The van der Waals surface area contributed by atoms with E-state index in [0.29, 0.717) is 24.3 Å². The molecule has 0 bridgehead atoms. The number of furan rings is 1. The first-order valence-electron chi connectivity index (χ1n) is 5.93. The third-order valence-corrected chi connectivity index (χ3v) is 3.44. The van der Waals surface area contributed by atoms with E-state index in [-0.39, 0.29) is 12.3 Å². The Labute approximate surface area is 119 Å². The molecule has 1 N–H and O–H groups in total. The fourth-order valence-electron chi connectivity index (χ4n) is 2.05. The Morgan fingerprint density at radius 3 is 3.05 bits per heavy atom. The van der Waals surface area contributed by atoms with Crippen molar-refractivity contribution in [2.45, 2.75) is 19.0 Å². The lowest BCUT2D eigenvalue weighted by Crippen LogP contribution is -2.55. The molecule has 1 aromatic rings. The molecule has 19 heavy (non-hydrogen) atoms. The minimum absolute atomic E-state index is 0.0458. The maximum atomic E-state index is 11.9. The highest BCUT2D eigenvalue weighted by molar-refractivity contribution is 9.10. The molecule has 1 saturated heterocycles. The van der Waals surface area contributed by atoms with Gasteiger partial charge in [0.15, 0.2) is 4.67 Å². The largest absolute Gasteiger partial charge is 0.469 e. The number of carbonyl (C=O) groups is 2. The first-order chi connectivity index (χ1) is 9.10. The van der Waals surface area contributed by atoms with E-state index in [9.17, 15) is 9.59 Å². The van der Waals surface area contributed by atoms with Crippen LogP contribution in [-0.4, -0.2) is 43.0 Å². The third kappa shape index (κ3) is 3.57. The molecule has 1 fully saturated rings. The van der Waals surface area contributed by atoms with Crippen molar-refractivity contribution in [2.24, 2.45) is 0 Å². The van der Waals surface area contributed by atoms with E-state index in [0.717, 1.165) is 5.76 Å². The maximum absolute atomic E-state index is 11.9. The molecular weight excluding hydrogens is 316 g/mol. The van der Waals surface area contributed by atoms with Gasteiger partial charge < -0.3 is 14.5 Å². The minimum atomic E-state index is -0.509. The van der Waals surface area contributed by atoms with Crippen LogP contribution in [0, 0.1) is 0 Å². The Morgan fingerprint density at radius 1 is 1.63 bits per heavy atom. The van der Waals surface area contributed by atoms with Gasteiger partial charge in [-0.05, 0) is 28.1 Å². The number of methoxy groups -OCH3 is 1. The van der Waals surface area contributed by atoms with Crippen molar-refractivity contribution >= 4 is 27.8 Å². The number of piperazine rings is 1. The molecule has 0 aliphatic carbocycles. The van der Waals surface area contributed by atoms with Crippen molar-refractivity contribution in [3.8, 4) is 0 Å². The van der Waals surface area contributed by atoms with Crippen LogP contribution in [0.4, 0.5) is 0 Å². The molecule has 2 heterocycles. The van der Waals surface area contributed by atoms with Crippen LogP contribution >= 0.6 is 15.9 Å². The van der Waals surface area contributed by atoms with Crippen molar-refractivity contribution in [1.82, 2.24) is 10.2 Å². The van der Waals surface area contributed by atoms with Crippen LogP contribution < -0.4 is 5.32 Å². The molecule has 1 aromatic heterocycles. The lowest BCUT2D eigenvalue weighted by atomic mass is 10.1. The minimum Gasteiger partial charge on any atom is -0.469 e. The van der Waals surface area contributed by atoms with E-state index in [4.69, 9.17) is 4.42 Å². The molecular formula is C12H15BrN2O4. The van der Waals surface area contributed by atoms with Crippen LogP contribution in [0.3, 0.4) is 0 Å². The second-order valence-corrected chi connectivity index (χ2v) is 5.04. The summed E-state index contributed by atoms with van der Waals surface area (Å²) in [7, 11) is 1.32. The summed E-state index contributed by atoms with van der Waals surface area (Å²) in [4.78, 5) is 25.1. The fraction of sp³-hybridized carbons (Fsp3) is 0.500. The summed E-state index contributed by atoms with van der Waals surface area (Å²) in [6.07, 6.45) is 0.0458. The Balaban J connectivity index is 2.06. The van der Waals surface area contributed by atoms with Gasteiger partial charge in [0.05, 0.1) is 20.1 Å². The van der Waals surface area contributed by atoms with Crippen LogP contribution in [0.15, 0.2) is 21.2 Å². The zero-order chi connectivity index (χ0) is 13.8. The molecule has 1 aliphatic rings. The molecule has 0 spiro atoms. The van der Waals surface area contributed by atoms with Crippen LogP contribution in [0.1, 0.15) is 12.2 Å². The summed E-state index contributed by atoms with van der Waals surface area (Å²) in [5.41, 5.74) is 0. The second-order valence-electron chi connectivity index (χ2n) is 4.26. The number of halogens is 1. The third-order valence-electron chi connectivity index (χ3n) is 3.02. The van der Waals surface area contributed by atoms with Gasteiger partial charge in [-0.15, -0.1) is 0 Å².